The maximum Gasteiger partial charge on any atom is 0.238 e. The molecule has 0 N–H and O–H groups in total. The van der Waals surface area contributed by atoms with Gasteiger partial charge >= 0.3 is 0 Å². The smallest absolute Gasteiger partial charge is 0.238 e. The van der Waals surface area contributed by atoms with E-state index in [-0.39, 0.29) is 0 Å². The maximum atomic E-state index is 5.24. The summed E-state index contributed by atoms with van der Waals surface area (Å²) in [7, 11) is 0. The van der Waals surface area contributed by atoms with Gasteiger partial charge in [-0.1, -0.05) is 388 Å². The number of benzene rings is 20. The van der Waals surface area contributed by atoms with E-state index < -0.39 is 0 Å². The highest BCUT2D eigenvalue weighted by atomic mass is 15.2. The average molecular weight is 1840 g/mol. The minimum atomic E-state index is 0.580. The van der Waals surface area contributed by atoms with Crippen LogP contribution in [0.3, 0.4) is 0 Å². The molecule has 144 heavy (non-hydrogen) atoms. The second-order valence-electron chi connectivity index (χ2n) is 36.0. The van der Waals surface area contributed by atoms with Gasteiger partial charge in [-0.25, -0.2) is 15.0 Å². The molecule has 0 aliphatic rings. The molecule has 9 heterocycles. The monoisotopic (exact) mass is 1840 g/mol. The molecule has 0 saturated heterocycles. The molecule has 9 aromatic heterocycles. The van der Waals surface area contributed by atoms with Crippen molar-refractivity contribution in [3.8, 4) is 125 Å². The first-order valence-corrected chi connectivity index (χ1v) is 48.3. The van der Waals surface area contributed by atoms with Crippen molar-refractivity contribution < 1.29 is 0 Å². The van der Waals surface area contributed by atoms with Crippen LogP contribution in [-0.4, -0.2) is 72.3 Å². The summed E-state index contributed by atoms with van der Waals surface area (Å²) >= 11 is 0. The number of hydrogen-bond donors (Lipinski definition) is 0. The highest BCUT2D eigenvalue weighted by Crippen LogP contribution is 2.46. The Balaban J connectivity index is 0.000000108. The van der Waals surface area contributed by atoms with Crippen LogP contribution in [0.25, 0.3) is 256 Å². The van der Waals surface area contributed by atoms with Crippen LogP contribution >= 0.6 is 0 Å². The summed E-state index contributed by atoms with van der Waals surface area (Å²) in [5, 5.41) is 14.0. The lowest BCUT2D eigenvalue weighted by Crippen LogP contribution is -2.06. The van der Waals surface area contributed by atoms with Gasteiger partial charge in [0.2, 0.25) is 17.8 Å². The van der Waals surface area contributed by atoms with Crippen molar-refractivity contribution in [2.24, 2.45) is 0 Å². The topological polar surface area (TPSA) is 146 Å². The van der Waals surface area contributed by atoms with Crippen LogP contribution in [-0.2, 0) is 0 Å². The Labute approximate surface area is 826 Å². The first kappa shape index (κ1) is 83.6. The minimum absolute atomic E-state index is 0.580. The molecule has 0 amide bonds. The molecule has 29 aromatic rings. The van der Waals surface area contributed by atoms with Gasteiger partial charge in [0, 0.05) is 115 Å². The molecule has 29 rings (SSSR count). The number of aromatic nitrogens is 15. The Kier molecular flexibility index (Phi) is 20.5. The third-order valence-electron chi connectivity index (χ3n) is 27.5. The van der Waals surface area contributed by atoms with Gasteiger partial charge in [-0.2, -0.15) is 29.9 Å². The number of nitrogens with zero attached hydrogens (tertiary/aromatic N) is 15. The third-order valence-corrected chi connectivity index (χ3v) is 27.5. The second kappa shape index (κ2) is 35.3. The lowest BCUT2D eigenvalue weighted by molar-refractivity contribution is 0.953. The SMILES string of the molecule is c1ccc(-c2ccc(-c3nc(-c4ccccc4)nc(-n4c5ccccc5c5cc6c(cc54)c4ccccc4n6-c4ccccc4)n3)cc2)cc1.c1ccc(-c2cccc(-c3nc(-c4ccccc4)nc(-n4c5ccccc5c5cc6c(cc54)c4ccccc4n6-c4ccccc4)n3)c2)cc1.c1ccc(-c2nc(-c3ccccc3)nc(-n3c4ccccc4c4cc5c(cc43)c3ccccc3n5-c3ccccc3)n2)cc1. The van der Waals surface area contributed by atoms with Crippen LogP contribution in [0.5, 0.6) is 0 Å². The first-order chi connectivity index (χ1) is 71.4. The number of para-hydroxylation sites is 9. The van der Waals surface area contributed by atoms with Gasteiger partial charge < -0.3 is 13.7 Å². The number of rotatable bonds is 14. The van der Waals surface area contributed by atoms with E-state index in [1.807, 2.05) is 109 Å². The lowest BCUT2D eigenvalue weighted by Gasteiger charge is -2.12. The fraction of sp³-hybridized carbons (Fsp3) is 0. The molecule has 0 saturated carbocycles. The van der Waals surface area contributed by atoms with Crippen molar-refractivity contribution in [3.05, 3.63) is 504 Å². The predicted molar refractivity (Wildman–Crippen MR) is 589 cm³/mol. The summed E-state index contributed by atoms with van der Waals surface area (Å²) in [5.41, 5.74) is 26.9. The van der Waals surface area contributed by atoms with E-state index in [0.29, 0.717) is 52.8 Å². The molecule has 0 bridgehead atoms. The van der Waals surface area contributed by atoms with Crippen LogP contribution in [0, 0.1) is 0 Å². The second-order valence-corrected chi connectivity index (χ2v) is 36.0. The Bertz CT molecular complexity index is 9930. The van der Waals surface area contributed by atoms with E-state index in [4.69, 9.17) is 44.9 Å². The third kappa shape index (κ3) is 14.6. The quantitative estimate of drug-likeness (QED) is 0.104. The normalized spacial score (nSPS) is 11.6. The van der Waals surface area contributed by atoms with Crippen LogP contribution < -0.4 is 0 Å². The number of fused-ring (bicyclic) bond motifs is 18. The van der Waals surface area contributed by atoms with Gasteiger partial charge in [0.15, 0.2) is 34.9 Å². The summed E-state index contributed by atoms with van der Waals surface area (Å²) in [6, 6.07) is 175. The molecular weight excluding hydrogens is 1760 g/mol. The molecule has 0 fully saturated rings. The largest absolute Gasteiger partial charge is 0.309 e. The van der Waals surface area contributed by atoms with Crippen molar-refractivity contribution in [1.82, 2.24) is 72.3 Å². The molecule has 0 aliphatic carbocycles. The van der Waals surface area contributed by atoms with Crippen molar-refractivity contribution in [1.29, 1.82) is 0 Å². The van der Waals surface area contributed by atoms with Gasteiger partial charge in [0.1, 0.15) is 0 Å². The summed E-state index contributed by atoms with van der Waals surface area (Å²) in [6.45, 7) is 0. The highest BCUT2D eigenvalue weighted by Gasteiger charge is 2.28. The molecule has 20 aromatic carbocycles. The molecule has 15 nitrogen and oxygen atoms in total. The maximum absolute atomic E-state index is 5.24. The molecule has 0 aliphatic heterocycles. The van der Waals surface area contributed by atoms with E-state index in [1.165, 1.54) is 59.9 Å². The molecule has 0 atom stereocenters. The van der Waals surface area contributed by atoms with Crippen molar-refractivity contribution in [2.45, 2.75) is 0 Å². The zero-order chi connectivity index (χ0) is 95.1. The predicted octanol–water partition coefficient (Wildman–Crippen LogP) is 31.5. The van der Waals surface area contributed by atoms with Gasteiger partial charge in [-0.05, 0) is 138 Å². The summed E-state index contributed by atoms with van der Waals surface area (Å²) in [5.74, 6) is 5.54. The van der Waals surface area contributed by atoms with Gasteiger partial charge in [0.05, 0.1) is 66.2 Å². The fourth-order valence-electron chi connectivity index (χ4n) is 20.9. The summed E-state index contributed by atoms with van der Waals surface area (Å²) in [6.07, 6.45) is 0. The Hall–Kier alpha value is -19.8. The summed E-state index contributed by atoms with van der Waals surface area (Å²) < 4.78 is 13.7. The van der Waals surface area contributed by atoms with Gasteiger partial charge in [-0.3, -0.25) is 13.7 Å². The van der Waals surface area contributed by atoms with Crippen molar-refractivity contribution in [3.63, 3.8) is 0 Å². The lowest BCUT2D eigenvalue weighted by atomic mass is 10.0. The molecule has 674 valence electrons. The zero-order valence-electron chi connectivity index (χ0n) is 77.6. The minimum Gasteiger partial charge on any atom is -0.309 e. The highest BCUT2D eigenvalue weighted by molar-refractivity contribution is 6.22. The average Bonchev–Trinajstić information content (AvgIpc) is 1.56. The zero-order valence-corrected chi connectivity index (χ0v) is 77.6. The van der Waals surface area contributed by atoms with E-state index in [9.17, 15) is 0 Å². The van der Waals surface area contributed by atoms with Crippen LogP contribution in [0.2, 0.25) is 0 Å². The van der Waals surface area contributed by atoms with Gasteiger partial charge in [0.25, 0.3) is 0 Å². The van der Waals surface area contributed by atoms with E-state index in [1.54, 1.807) is 0 Å². The molecular formula is C129H83N15. The van der Waals surface area contributed by atoms with Crippen LogP contribution in [0.1, 0.15) is 0 Å². The van der Waals surface area contributed by atoms with Gasteiger partial charge in [-0.15, -0.1) is 0 Å². The standard InChI is InChI=1S/2C45H29N5.C39H25N5/c1-4-15-30(16-5-1)32-19-14-20-33(27-32)44-46-43(31-17-6-2-7-18-31)47-45(48-44)50-40-26-13-11-24-36(40)38-28-41-37(29-42(38)50)35-23-10-12-25-39(35)49(41)34-21-8-3-9-22-34;1-4-14-30(15-5-1)31-24-26-33(27-25-31)44-46-43(32-16-6-2-7-17-32)47-45(48-44)50-40-23-13-11-21-36(40)38-28-41-37(29-42(38)50)35-20-10-12-22-39(35)49(41)34-18-8-3-9-19-34;1-4-14-26(15-5-1)37-40-38(27-16-6-2-7-17-27)42-39(41-37)44-34-23-13-11-21-30(34)32-24-35-31(25-36(32)44)29-20-10-12-22-33(29)43(35)28-18-8-3-9-19-28/h2*1-29H;1-25H. The van der Waals surface area contributed by atoms with Crippen LogP contribution in [0.4, 0.5) is 0 Å². The first-order valence-electron chi connectivity index (χ1n) is 48.3. The Morgan fingerprint density at radius 1 is 0.104 bits per heavy atom. The molecule has 0 unspecified atom stereocenters. The van der Waals surface area contributed by atoms with E-state index in [0.717, 1.165) is 144 Å². The van der Waals surface area contributed by atoms with Crippen LogP contribution in [0.15, 0.2) is 504 Å². The Morgan fingerprint density at radius 3 is 0.542 bits per heavy atom. The molecule has 0 spiro atoms. The summed E-state index contributed by atoms with van der Waals surface area (Å²) in [4.78, 5) is 46.0. The molecule has 0 radical (unpaired) electrons. The van der Waals surface area contributed by atoms with E-state index >= 15 is 0 Å². The Morgan fingerprint density at radius 2 is 0.278 bits per heavy atom. The van der Waals surface area contributed by atoms with E-state index in [2.05, 4.69) is 422 Å². The fourth-order valence-corrected chi connectivity index (χ4v) is 20.9. The van der Waals surface area contributed by atoms with Crippen molar-refractivity contribution >= 4 is 131 Å². The molecule has 15 heteroatoms. The number of hydrogen-bond acceptors (Lipinski definition) is 9. The van der Waals surface area contributed by atoms with Crippen molar-refractivity contribution in [2.75, 3.05) is 0 Å².